The second kappa shape index (κ2) is 7.22. The van der Waals surface area contributed by atoms with E-state index in [1.54, 1.807) is 7.11 Å². The Kier molecular flexibility index (Phi) is 5.08. The minimum atomic E-state index is 0.607. The highest BCUT2D eigenvalue weighted by molar-refractivity contribution is 5.25. The molecule has 2 aliphatic rings. The average Bonchev–Trinajstić information content (AvgIpc) is 3.00. The number of hydrogen-bond acceptors (Lipinski definition) is 6. The van der Waals surface area contributed by atoms with Crippen LogP contribution in [0.25, 0.3) is 0 Å². The van der Waals surface area contributed by atoms with Gasteiger partial charge in [-0.2, -0.15) is 0 Å². The minimum absolute atomic E-state index is 0.607. The Morgan fingerprint density at radius 2 is 2.10 bits per heavy atom. The van der Waals surface area contributed by atoms with Crippen molar-refractivity contribution in [2.24, 2.45) is 11.8 Å². The van der Waals surface area contributed by atoms with Gasteiger partial charge in [0.25, 0.3) is 0 Å². The molecule has 0 spiro atoms. The summed E-state index contributed by atoms with van der Waals surface area (Å²) < 4.78 is 10.8. The predicted octanol–water partition coefficient (Wildman–Crippen LogP) is 1.82. The zero-order chi connectivity index (χ0) is 14.5. The Hall–Kier alpha value is -1.14. The predicted molar refractivity (Wildman–Crippen MR) is 80.2 cm³/mol. The molecule has 0 radical (unpaired) electrons. The van der Waals surface area contributed by atoms with Crippen LogP contribution in [0.5, 0.6) is 0 Å². The van der Waals surface area contributed by atoms with Crippen molar-refractivity contribution in [2.75, 3.05) is 38.3 Å². The first-order valence-electron chi connectivity index (χ1n) is 8.14. The number of nitrogens with one attached hydrogen (secondary N) is 1. The summed E-state index contributed by atoms with van der Waals surface area (Å²) >= 11 is 0. The zero-order valence-corrected chi connectivity index (χ0v) is 12.9. The molecule has 3 rings (SSSR count). The van der Waals surface area contributed by atoms with E-state index in [2.05, 4.69) is 20.4 Å². The van der Waals surface area contributed by atoms with Crippen LogP contribution in [0, 0.1) is 11.8 Å². The van der Waals surface area contributed by atoms with Gasteiger partial charge in [-0.1, -0.05) is 24.4 Å². The molecule has 2 heterocycles. The number of ether oxygens (including phenoxy) is 1. The van der Waals surface area contributed by atoms with Gasteiger partial charge in [-0.25, -0.2) is 0 Å². The molecular weight excluding hydrogens is 268 g/mol. The first-order valence-corrected chi connectivity index (χ1v) is 8.14. The monoisotopic (exact) mass is 294 g/mol. The summed E-state index contributed by atoms with van der Waals surface area (Å²) in [4.78, 5) is 2.28. The number of methoxy groups -OCH3 is 1. The molecule has 0 bridgehead atoms. The summed E-state index contributed by atoms with van der Waals surface area (Å²) in [6.07, 6.45) is 6.85. The molecule has 6 nitrogen and oxygen atoms in total. The van der Waals surface area contributed by atoms with Crippen LogP contribution in [0.1, 0.15) is 38.0 Å². The molecule has 2 unspecified atom stereocenters. The van der Waals surface area contributed by atoms with Crippen LogP contribution < -0.4 is 10.2 Å². The lowest BCUT2D eigenvalue weighted by atomic mass is 9.75. The van der Waals surface area contributed by atoms with Crippen molar-refractivity contribution < 1.29 is 9.15 Å². The van der Waals surface area contributed by atoms with Gasteiger partial charge >= 0.3 is 6.01 Å². The van der Waals surface area contributed by atoms with E-state index in [1.807, 2.05) is 0 Å². The smallest absolute Gasteiger partial charge is 0.318 e. The van der Waals surface area contributed by atoms with E-state index in [0.717, 1.165) is 31.5 Å². The van der Waals surface area contributed by atoms with Gasteiger partial charge in [-0.05, 0) is 24.7 Å². The summed E-state index contributed by atoms with van der Waals surface area (Å²) in [7, 11) is 1.70. The van der Waals surface area contributed by atoms with Crippen molar-refractivity contribution in [3.63, 3.8) is 0 Å². The van der Waals surface area contributed by atoms with E-state index >= 15 is 0 Å². The summed E-state index contributed by atoms with van der Waals surface area (Å²) in [5, 5.41) is 11.6. The van der Waals surface area contributed by atoms with Crippen molar-refractivity contribution in [3.05, 3.63) is 5.89 Å². The van der Waals surface area contributed by atoms with Gasteiger partial charge in [-0.15, -0.1) is 5.10 Å². The lowest BCUT2D eigenvalue weighted by Crippen LogP contribution is -2.42. The standard InChI is InChI=1S/C15H26N4O2/c1-20-9-7-16-10-14-17-18-15(21-14)19-8-6-12-4-2-3-5-13(12)11-19/h12-13,16H,2-11H2,1H3. The molecule has 1 aliphatic heterocycles. The third-order valence-corrected chi connectivity index (χ3v) is 4.78. The Balaban J connectivity index is 1.51. The van der Waals surface area contributed by atoms with Gasteiger partial charge < -0.3 is 19.4 Å². The third kappa shape index (κ3) is 3.74. The molecule has 1 aliphatic carbocycles. The number of fused-ring (bicyclic) bond motifs is 1. The van der Waals surface area contributed by atoms with Gasteiger partial charge in [-0.3, -0.25) is 0 Å². The number of piperidine rings is 1. The molecule has 118 valence electrons. The molecule has 1 saturated carbocycles. The van der Waals surface area contributed by atoms with E-state index in [1.165, 1.54) is 32.1 Å². The summed E-state index contributed by atoms with van der Waals surface area (Å²) in [5.41, 5.74) is 0. The number of hydrogen-bond donors (Lipinski definition) is 1. The summed E-state index contributed by atoms with van der Waals surface area (Å²) in [6, 6.07) is 0.697. The molecule has 1 aromatic heterocycles. The molecule has 0 aromatic carbocycles. The van der Waals surface area contributed by atoms with E-state index in [0.29, 0.717) is 25.1 Å². The first-order chi connectivity index (χ1) is 10.4. The number of anilines is 1. The maximum absolute atomic E-state index is 5.78. The Labute approximate surface area is 126 Å². The summed E-state index contributed by atoms with van der Waals surface area (Å²) in [5.74, 6) is 2.41. The van der Waals surface area contributed by atoms with Crippen molar-refractivity contribution in [3.8, 4) is 0 Å². The van der Waals surface area contributed by atoms with E-state index < -0.39 is 0 Å². The highest BCUT2D eigenvalue weighted by atomic mass is 16.5. The third-order valence-electron chi connectivity index (χ3n) is 4.78. The van der Waals surface area contributed by atoms with Crippen molar-refractivity contribution in [1.29, 1.82) is 0 Å². The molecule has 0 amide bonds. The van der Waals surface area contributed by atoms with E-state index in [9.17, 15) is 0 Å². The van der Waals surface area contributed by atoms with E-state index in [4.69, 9.17) is 9.15 Å². The minimum Gasteiger partial charge on any atom is -0.407 e. The van der Waals surface area contributed by atoms with Gasteiger partial charge in [0.05, 0.1) is 13.2 Å². The molecule has 2 atom stereocenters. The molecule has 21 heavy (non-hydrogen) atoms. The molecular formula is C15H26N4O2. The summed E-state index contributed by atoms with van der Waals surface area (Å²) in [6.45, 7) is 4.23. The highest BCUT2D eigenvalue weighted by Crippen LogP contribution is 2.37. The van der Waals surface area contributed by atoms with Crippen molar-refractivity contribution >= 4 is 6.01 Å². The van der Waals surface area contributed by atoms with Crippen LogP contribution >= 0.6 is 0 Å². The van der Waals surface area contributed by atoms with Crippen LogP contribution in [0.3, 0.4) is 0 Å². The fraction of sp³-hybridized carbons (Fsp3) is 0.867. The maximum Gasteiger partial charge on any atom is 0.318 e. The zero-order valence-electron chi connectivity index (χ0n) is 12.9. The van der Waals surface area contributed by atoms with Crippen molar-refractivity contribution in [2.45, 2.75) is 38.6 Å². The normalized spacial score (nSPS) is 25.9. The highest BCUT2D eigenvalue weighted by Gasteiger charge is 2.32. The Bertz CT molecular complexity index is 437. The lowest BCUT2D eigenvalue weighted by Gasteiger charge is -2.40. The van der Waals surface area contributed by atoms with Crippen LogP contribution in [-0.4, -0.2) is 43.5 Å². The number of nitrogens with zero attached hydrogens (tertiary/aromatic N) is 3. The van der Waals surface area contributed by atoms with Crippen molar-refractivity contribution in [1.82, 2.24) is 15.5 Å². The van der Waals surface area contributed by atoms with Gasteiger partial charge in [0.15, 0.2) is 0 Å². The molecule has 1 aromatic rings. The van der Waals surface area contributed by atoms with Gasteiger partial charge in [0, 0.05) is 26.7 Å². The van der Waals surface area contributed by atoms with Crippen LogP contribution in [-0.2, 0) is 11.3 Å². The fourth-order valence-corrected chi connectivity index (χ4v) is 3.59. The molecule has 1 N–H and O–H groups in total. The topological polar surface area (TPSA) is 63.4 Å². The fourth-order valence-electron chi connectivity index (χ4n) is 3.59. The molecule has 1 saturated heterocycles. The largest absolute Gasteiger partial charge is 0.407 e. The Morgan fingerprint density at radius 3 is 2.95 bits per heavy atom. The Morgan fingerprint density at radius 1 is 1.24 bits per heavy atom. The first kappa shape index (κ1) is 14.8. The molecule has 2 fully saturated rings. The number of rotatable bonds is 6. The number of aromatic nitrogens is 2. The SMILES string of the molecule is COCCNCc1nnc(N2CCC3CCCCC3C2)o1. The molecule has 6 heteroatoms. The second-order valence-electron chi connectivity index (χ2n) is 6.19. The van der Waals surface area contributed by atoms with Crippen LogP contribution in [0.4, 0.5) is 6.01 Å². The quantitative estimate of drug-likeness (QED) is 0.808. The maximum atomic E-state index is 5.78. The average molecular weight is 294 g/mol. The van der Waals surface area contributed by atoms with Gasteiger partial charge in [0.1, 0.15) is 0 Å². The lowest BCUT2D eigenvalue weighted by molar-refractivity contribution is 0.196. The second-order valence-corrected chi connectivity index (χ2v) is 6.19. The van der Waals surface area contributed by atoms with E-state index in [-0.39, 0.29) is 0 Å². The van der Waals surface area contributed by atoms with Crippen LogP contribution in [0.2, 0.25) is 0 Å². The van der Waals surface area contributed by atoms with Crippen LogP contribution in [0.15, 0.2) is 4.42 Å². The van der Waals surface area contributed by atoms with Gasteiger partial charge in [0.2, 0.25) is 5.89 Å².